The number of para-hydroxylation sites is 1. The van der Waals surface area contributed by atoms with E-state index in [1.165, 1.54) is 0 Å². The van der Waals surface area contributed by atoms with Crippen LogP contribution < -0.4 is 10.1 Å². The quantitative estimate of drug-likeness (QED) is 0.852. The Kier molecular flexibility index (Phi) is 3.09. The summed E-state index contributed by atoms with van der Waals surface area (Å²) in [5.41, 5.74) is 1.94. The van der Waals surface area contributed by atoms with E-state index < -0.39 is 0 Å². The minimum absolute atomic E-state index is 0.0478. The highest BCUT2D eigenvalue weighted by atomic mass is 16.5. The molecular formula is C14H19NO2. The number of anilines is 1. The van der Waals surface area contributed by atoms with Crippen LogP contribution in [0.25, 0.3) is 0 Å². The van der Waals surface area contributed by atoms with Gasteiger partial charge in [0.05, 0.1) is 5.69 Å². The molecule has 1 aromatic rings. The molecule has 1 atom stereocenters. The average molecular weight is 233 g/mol. The number of fused-ring (bicyclic) bond motifs is 1. The number of carbonyl (C=O) groups excluding carboxylic acids is 1. The number of rotatable bonds is 2. The Hall–Kier alpha value is -1.51. The first-order valence-electron chi connectivity index (χ1n) is 6.11. The minimum atomic E-state index is -0.387. The van der Waals surface area contributed by atoms with Crippen molar-refractivity contribution in [3.8, 4) is 5.75 Å². The Morgan fingerprint density at radius 1 is 1.24 bits per heavy atom. The van der Waals surface area contributed by atoms with Crippen LogP contribution in [0.4, 0.5) is 5.69 Å². The first-order valence-corrected chi connectivity index (χ1v) is 6.11. The van der Waals surface area contributed by atoms with Gasteiger partial charge in [0.1, 0.15) is 5.75 Å². The second-order valence-electron chi connectivity index (χ2n) is 5.15. The van der Waals surface area contributed by atoms with E-state index in [0.29, 0.717) is 5.92 Å². The average Bonchev–Trinajstić information content (AvgIpc) is 2.26. The molecule has 3 heteroatoms. The first-order chi connectivity index (χ1) is 8.00. The van der Waals surface area contributed by atoms with Crippen molar-refractivity contribution in [2.24, 2.45) is 5.92 Å². The number of benzene rings is 1. The van der Waals surface area contributed by atoms with Gasteiger partial charge in [-0.2, -0.15) is 0 Å². The molecule has 0 aromatic heterocycles. The maximum Gasteiger partial charge on any atom is 0.265 e. The van der Waals surface area contributed by atoms with E-state index in [1.807, 2.05) is 26.0 Å². The second-order valence-corrected chi connectivity index (χ2v) is 5.15. The van der Waals surface area contributed by atoms with Crippen LogP contribution in [0.5, 0.6) is 5.75 Å². The molecule has 0 saturated heterocycles. The zero-order valence-corrected chi connectivity index (χ0v) is 10.8. The number of hydrogen-bond donors (Lipinski definition) is 1. The third-order valence-corrected chi connectivity index (χ3v) is 3.03. The van der Waals surface area contributed by atoms with Gasteiger partial charge in [0.25, 0.3) is 5.91 Å². The molecule has 0 bridgehead atoms. The highest BCUT2D eigenvalue weighted by molar-refractivity contribution is 5.98. The maximum atomic E-state index is 11.8. The van der Waals surface area contributed by atoms with Crippen molar-refractivity contribution in [1.29, 1.82) is 0 Å². The van der Waals surface area contributed by atoms with Crippen molar-refractivity contribution in [2.45, 2.75) is 39.7 Å². The van der Waals surface area contributed by atoms with Gasteiger partial charge in [-0.15, -0.1) is 0 Å². The van der Waals surface area contributed by atoms with Gasteiger partial charge >= 0.3 is 0 Å². The largest absolute Gasteiger partial charge is 0.478 e. The Bertz CT molecular complexity index is 438. The third kappa shape index (κ3) is 2.14. The smallest absolute Gasteiger partial charge is 0.265 e. The predicted octanol–water partition coefficient (Wildman–Crippen LogP) is 3.17. The lowest BCUT2D eigenvalue weighted by Crippen LogP contribution is -2.41. The minimum Gasteiger partial charge on any atom is -0.478 e. The van der Waals surface area contributed by atoms with Crippen LogP contribution >= 0.6 is 0 Å². The van der Waals surface area contributed by atoms with E-state index in [1.54, 1.807) is 0 Å². The zero-order valence-electron chi connectivity index (χ0n) is 10.8. The van der Waals surface area contributed by atoms with Crippen molar-refractivity contribution in [3.63, 3.8) is 0 Å². The van der Waals surface area contributed by atoms with E-state index >= 15 is 0 Å². The molecule has 1 amide bonds. The van der Waals surface area contributed by atoms with Crippen LogP contribution in [0.1, 0.15) is 39.2 Å². The lowest BCUT2D eigenvalue weighted by atomic mass is 9.98. The molecule has 0 aliphatic carbocycles. The fourth-order valence-electron chi connectivity index (χ4n) is 2.06. The Morgan fingerprint density at radius 3 is 2.53 bits per heavy atom. The van der Waals surface area contributed by atoms with Gasteiger partial charge < -0.3 is 10.1 Å². The number of ether oxygens (including phenoxy) is 1. The second kappa shape index (κ2) is 4.40. The summed E-state index contributed by atoms with van der Waals surface area (Å²) >= 11 is 0. The molecule has 0 saturated carbocycles. The lowest BCUT2D eigenvalue weighted by Gasteiger charge is -2.30. The van der Waals surface area contributed by atoms with Gasteiger partial charge in [0.15, 0.2) is 6.10 Å². The number of hydrogen-bond acceptors (Lipinski definition) is 2. The number of amides is 1. The summed E-state index contributed by atoms with van der Waals surface area (Å²) < 4.78 is 5.89. The Labute approximate surface area is 102 Å². The molecule has 0 radical (unpaired) electrons. The summed E-state index contributed by atoms with van der Waals surface area (Å²) in [5, 5.41) is 2.92. The summed E-state index contributed by atoms with van der Waals surface area (Å²) in [4.78, 5) is 11.8. The lowest BCUT2D eigenvalue weighted by molar-refractivity contribution is -0.125. The molecule has 0 fully saturated rings. The molecule has 2 rings (SSSR count). The zero-order chi connectivity index (χ0) is 12.6. The van der Waals surface area contributed by atoms with E-state index in [2.05, 4.69) is 25.2 Å². The fourth-order valence-corrected chi connectivity index (χ4v) is 2.06. The van der Waals surface area contributed by atoms with E-state index in [9.17, 15) is 4.79 Å². The van der Waals surface area contributed by atoms with Crippen LogP contribution in [-0.4, -0.2) is 12.0 Å². The van der Waals surface area contributed by atoms with E-state index in [4.69, 9.17) is 4.74 Å². The molecule has 0 spiro atoms. The molecule has 3 nitrogen and oxygen atoms in total. The van der Waals surface area contributed by atoms with Crippen LogP contribution in [0.2, 0.25) is 0 Å². The SMILES string of the molecule is CC(C)c1cccc2c1OC(C(C)C)C(=O)N2. The van der Waals surface area contributed by atoms with Gasteiger partial charge in [-0.25, -0.2) is 0 Å². The highest BCUT2D eigenvalue weighted by Crippen LogP contribution is 2.38. The molecule has 1 heterocycles. The third-order valence-electron chi connectivity index (χ3n) is 3.03. The van der Waals surface area contributed by atoms with Gasteiger partial charge in [0, 0.05) is 0 Å². The Morgan fingerprint density at radius 2 is 1.94 bits per heavy atom. The van der Waals surface area contributed by atoms with Crippen molar-refractivity contribution < 1.29 is 9.53 Å². The first kappa shape index (κ1) is 12.0. The fraction of sp³-hybridized carbons (Fsp3) is 0.500. The van der Waals surface area contributed by atoms with Gasteiger partial charge in [-0.3, -0.25) is 4.79 Å². The molecule has 92 valence electrons. The Balaban J connectivity index is 2.43. The highest BCUT2D eigenvalue weighted by Gasteiger charge is 2.31. The van der Waals surface area contributed by atoms with Crippen LogP contribution in [-0.2, 0) is 4.79 Å². The molecule has 1 aliphatic rings. The molecule has 17 heavy (non-hydrogen) atoms. The van der Waals surface area contributed by atoms with Crippen molar-refractivity contribution in [3.05, 3.63) is 23.8 Å². The summed E-state index contributed by atoms with van der Waals surface area (Å²) in [6.07, 6.45) is -0.387. The molecule has 1 aliphatic heterocycles. The molecule has 1 aromatic carbocycles. The van der Waals surface area contributed by atoms with Gasteiger partial charge in [-0.05, 0) is 23.5 Å². The molecule has 1 N–H and O–H groups in total. The standard InChI is InChI=1S/C14H19NO2/c1-8(2)10-6-5-7-11-13(10)17-12(9(3)4)14(16)15-11/h5-9,12H,1-4H3,(H,15,16). The maximum absolute atomic E-state index is 11.8. The molecular weight excluding hydrogens is 214 g/mol. The van der Waals surface area contributed by atoms with Crippen LogP contribution in [0.3, 0.4) is 0 Å². The number of nitrogens with one attached hydrogen (secondary N) is 1. The van der Waals surface area contributed by atoms with Crippen molar-refractivity contribution in [2.75, 3.05) is 5.32 Å². The van der Waals surface area contributed by atoms with E-state index in [0.717, 1.165) is 17.0 Å². The van der Waals surface area contributed by atoms with Crippen LogP contribution in [0, 0.1) is 5.92 Å². The summed E-state index contributed by atoms with van der Waals surface area (Å²) in [6, 6.07) is 5.89. The van der Waals surface area contributed by atoms with E-state index in [-0.39, 0.29) is 17.9 Å². The number of carbonyl (C=O) groups is 1. The monoisotopic (exact) mass is 233 g/mol. The van der Waals surface area contributed by atoms with Crippen molar-refractivity contribution in [1.82, 2.24) is 0 Å². The summed E-state index contributed by atoms with van der Waals surface area (Å²) in [6.45, 7) is 8.24. The van der Waals surface area contributed by atoms with Gasteiger partial charge in [0.2, 0.25) is 0 Å². The summed E-state index contributed by atoms with van der Waals surface area (Å²) in [5.74, 6) is 1.34. The van der Waals surface area contributed by atoms with Crippen molar-refractivity contribution >= 4 is 11.6 Å². The van der Waals surface area contributed by atoms with Gasteiger partial charge in [-0.1, -0.05) is 39.8 Å². The predicted molar refractivity (Wildman–Crippen MR) is 68.4 cm³/mol. The molecule has 1 unspecified atom stereocenters. The topological polar surface area (TPSA) is 38.3 Å². The summed E-state index contributed by atoms with van der Waals surface area (Å²) in [7, 11) is 0. The normalized spacial score (nSPS) is 18.9. The van der Waals surface area contributed by atoms with Crippen LogP contribution in [0.15, 0.2) is 18.2 Å².